The molecule has 2 fully saturated rings. The fourth-order valence-electron chi connectivity index (χ4n) is 7.19. The molecule has 68 heavy (non-hydrogen) atoms. The molecular formula is C49H82O17P2. The maximum absolute atomic E-state index is 13.0. The van der Waals surface area contributed by atoms with Crippen molar-refractivity contribution >= 4 is 27.6 Å². The number of ether oxygens (including phenoxy) is 3. The van der Waals surface area contributed by atoms with Crippen LogP contribution in [-0.4, -0.2) is 115 Å². The maximum atomic E-state index is 13.0. The van der Waals surface area contributed by atoms with Gasteiger partial charge in [0.05, 0.1) is 18.8 Å². The minimum atomic E-state index is -5.38. The molecule has 0 spiro atoms. The van der Waals surface area contributed by atoms with Gasteiger partial charge >= 0.3 is 27.6 Å². The van der Waals surface area contributed by atoms with Crippen LogP contribution in [0.4, 0.5) is 0 Å². The lowest BCUT2D eigenvalue weighted by Crippen LogP contribution is -2.64. The molecule has 0 bridgehead atoms. The van der Waals surface area contributed by atoms with Crippen molar-refractivity contribution in [1.29, 1.82) is 0 Å². The molecule has 10 atom stereocenters. The monoisotopic (exact) mass is 1000 g/mol. The molecule has 1 saturated heterocycles. The van der Waals surface area contributed by atoms with Gasteiger partial charge in [0.2, 0.25) is 0 Å². The molecule has 19 heteroatoms. The van der Waals surface area contributed by atoms with Crippen LogP contribution in [0.15, 0.2) is 72.9 Å². The fourth-order valence-corrected chi connectivity index (χ4v) is 8.73. The molecule has 2 aliphatic rings. The number of hydrogen-bond acceptors (Lipinski definition) is 14. The molecule has 7 unspecified atom stereocenters. The summed E-state index contributed by atoms with van der Waals surface area (Å²) in [5, 5.41) is 41.3. The molecule has 390 valence electrons. The number of esters is 2. The van der Waals surface area contributed by atoms with Crippen molar-refractivity contribution < 1.29 is 81.6 Å². The van der Waals surface area contributed by atoms with E-state index in [0.717, 1.165) is 44.9 Å². The maximum Gasteiger partial charge on any atom is 0.472 e. The number of aliphatic hydroxyl groups excluding tert-OH is 4. The van der Waals surface area contributed by atoms with Crippen molar-refractivity contribution in [2.45, 2.75) is 210 Å². The van der Waals surface area contributed by atoms with Crippen molar-refractivity contribution in [2.75, 3.05) is 13.2 Å². The van der Waals surface area contributed by atoms with Crippen LogP contribution in [0.2, 0.25) is 0 Å². The lowest BCUT2D eigenvalue weighted by atomic mass is 9.85. The molecule has 0 aromatic carbocycles. The fraction of sp³-hybridized carbons (Fsp3) is 0.714. The Morgan fingerprint density at radius 2 is 0.971 bits per heavy atom. The highest BCUT2D eigenvalue weighted by molar-refractivity contribution is 7.47. The van der Waals surface area contributed by atoms with E-state index in [4.69, 9.17) is 23.3 Å². The molecule has 0 aromatic rings. The van der Waals surface area contributed by atoms with Gasteiger partial charge < -0.3 is 49.3 Å². The van der Waals surface area contributed by atoms with Crippen LogP contribution in [-0.2, 0) is 46.5 Å². The number of phosphoric ester groups is 2. The van der Waals surface area contributed by atoms with E-state index in [-0.39, 0.29) is 18.9 Å². The lowest BCUT2D eigenvalue weighted by molar-refractivity contribution is -0.216. The largest absolute Gasteiger partial charge is 0.472 e. The first-order valence-electron chi connectivity index (χ1n) is 24.6. The van der Waals surface area contributed by atoms with Crippen molar-refractivity contribution in [3.8, 4) is 0 Å². The van der Waals surface area contributed by atoms with Crippen LogP contribution in [0.1, 0.15) is 155 Å². The number of carbonyl (C=O) groups is 2. The van der Waals surface area contributed by atoms with E-state index in [2.05, 4.69) is 67.0 Å². The van der Waals surface area contributed by atoms with Gasteiger partial charge in [0, 0.05) is 12.8 Å². The smallest absolute Gasteiger partial charge is 0.462 e. The summed E-state index contributed by atoms with van der Waals surface area (Å²) in [6.45, 7) is 2.97. The Kier molecular flexibility index (Phi) is 32.9. The van der Waals surface area contributed by atoms with E-state index in [9.17, 15) is 53.8 Å². The summed E-state index contributed by atoms with van der Waals surface area (Å²) in [5.74, 6) is -1.34. The van der Waals surface area contributed by atoms with Crippen molar-refractivity contribution in [2.24, 2.45) is 0 Å². The molecule has 1 aliphatic carbocycles. The number of phosphoric acid groups is 2. The van der Waals surface area contributed by atoms with Crippen LogP contribution < -0.4 is 0 Å². The minimum absolute atomic E-state index is 0.0255. The summed E-state index contributed by atoms with van der Waals surface area (Å²) in [6.07, 6.45) is 30.4. The standard InChI is InChI=1S/C49H82O17P2/c1-3-5-7-9-11-12-13-14-15-16-17-18-19-20-23-28-32-36-43(51)63-39(38-62-68(59,60)66-49-46(54)44(52)45(53)48(47(49)55)65-67(56,57)58)37-61-42(50)35-31-27-24-21-22-26-30-34-41-40(64-41)33-29-25-10-8-6-4-2/h14-15,17-18,20-21,23-26,29-30,39-41,44-49,52-55H,3-13,16,19,22,27-28,31-38H2,1-2H3,(H,59,60)(H2,56,57,58)/b15-14-,18-17-,23-20-,24-21-,29-25-,30-26-/t39-,40?,41?,44?,45?,46?,47?,48-,49+/m1/s1. The van der Waals surface area contributed by atoms with Crippen molar-refractivity contribution in [3.63, 3.8) is 0 Å². The van der Waals surface area contributed by atoms with Crippen LogP contribution in [0.5, 0.6) is 0 Å². The van der Waals surface area contributed by atoms with E-state index in [0.29, 0.717) is 31.8 Å². The summed E-state index contributed by atoms with van der Waals surface area (Å²) in [5.41, 5.74) is 0. The van der Waals surface area contributed by atoms with Crippen molar-refractivity contribution in [1.82, 2.24) is 0 Å². The molecule has 1 aliphatic heterocycles. The molecule has 17 nitrogen and oxygen atoms in total. The van der Waals surface area contributed by atoms with E-state index < -0.39 is 83.5 Å². The highest BCUT2D eigenvalue weighted by atomic mass is 31.2. The van der Waals surface area contributed by atoms with Gasteiger partial charge in [-0.25, -0.2) is 9.13 Å². The number of allylic oxidation sites excluding steroid dienone is 10. The van der Waals surface area contributed by atoms with Gasteiger partial charge in [0.1, 0.15) is 43.2 Å². The summed E-state index contributed by atoms with van der Waals surface area (Å²) in [6, 6.07) is 0. The molecular weight excluding hydrogens is 922 g/mol. The van der Waals surface area contributed by atoms with Gasteiger partial charge in [-0.2, -0.15) is 0 Å². The SMILES string of the molecule is CCCCC/C=C\CC1OC1C/C=C\C/C=C\CCCC(=O)OC[C@H](COP(=O)(O)O[C@H]1C(O)C(O)C(O)[C@@H](OP(=O)(O)O)C1O)OC(=O)CCC/C=C\C/C=C\C/C=C\CCCCCCCC. The molecule has 0 amide bonds. The average Bonchev–Trinajstić information content (AvgIpc) is 4.05. The predicted molar refractivity (Wildman–Crippen MR) is 259 cm³/mol. The predicted octanol–water partition coefficient (Wildman–Crippen LogP) is 8.61. The van der Waals surface area contributed by atoms with E-state index in [1.807, 2.05) is 24.3 Å². The number of rotatable bonds is 39. The second-order valence-corrected chi connectivity index (χ2v) is 19.8. The second kappa shape index (κ2) is 36.3. The van der Waals surface area contributed by atoms with Gasteiger partial charge in [-0.05, 0) is 83.5 Å². The first-order chi connectivity index (χ1) is 32.6. The Morgan fingerprint density at radius 1 is 0.529 bits per heavy atom. The zero-order chi connectivity index (χ0) is 50.0. The summed E-state index contributed by atoms with van der Waals surface area (Å²) < 4.78 is 55.0. The Bertz CT molecular complexity index is 1660. The van der Waals surface area contributed by atoms with Crippen molar-refractivity contribution in [3.05, 3.63) is 72.9 Å². The van der Waals surface area contributed by atoms with Gasteiger partial charge in [-0.1, -0.05) is 132 Å². The second-order valence-electron chi connectivity index (χ2n) is 17.2. The molecule has 0 radical (unpaired) electrons. The van der Waals surface area contributed by atoms with Gasteiger partial charge in [-0.3, -0.25) is 23.2 Å². The quantitative estimate of drug-likeness (QED) is 0.00998. The molecule has 1 heterocycles. The molecule has 0 aromatic heterocycles. The van der Waals surface area contributed by atoms with E-state index in [1.54, 1.807) is 0 Å². The number of hydrogen-bond donors (Lipinski definition) is 7. The third-order valence-electron chi connectivity index (χ3n) is 11.2. The Morgan fingerprint density at radius 3 is 1.54 bits per heavy atom. The summed E-state index contributed by atoms with van der Waals surface area (Å²) in [7, 11) is -10.7. The summed E-state index contributed by atoms with van der Waals surface area (Å²) >= 11 is 0. The van der Waals surface area contributed by atoms with Gasteiger partial charge in [0.15, 0.2) is 6.10 Å². The number of unbranched alkanes of at least 4 members (excludes halogenated alkanes) is 11. The lowest BCUT2D eigenvalue weighted by Gasteiger charge is -2.43. The van der Waals surface area contributed by atoms with Crippen LogP contribution in [0.25, 0.3) is 0 Å². The number of carbonyl (C=O) groups excluding carboxylic acids is 2. The Hall–Kier alpha value is -2.60. The van der Waals surface area contributed by atoms with E-state index in [1.165, 1.54) is 57.8 Å². The molecule has 7 N–H and O–H groups in total. The normalized spacial score (nSPS) is 24.8. The molecule has 2 rings (SSSR count). The third kappa shape index (κ3) is 29.6. The zero-order valence-electron chi connectivity index (χ0n) is 40.2. The number of aliphatic hydroxyl groups is 4. The van der Waals surface area contributed by atoms with Gasteiger partial charge in [-0.15, -0.1) is 0 Å². The third-order valence-corrected chi connectivity index (χ3v) is 12.7. The van der Waals surface area contributed by atoms with Crippen LogP contribution >= 0.6 is 15.6 Å². The van der Waals surface area contributed by atoms with Crippen LogP contribution in [0.3, 0.4) is 0 Å². The Labute approximate surface area is 404 Å². The Balaban J connectivity index is 1.83. The first-order valence-corrected chi connectivity index (χ1v) is 27.6. The van der Waals surface area contributed by atoms with Crippen LogP contribution in [0, 0.1) is 0 Å². The number of epoxide rings is 1. The van der Waals surface area contributed by atoms with Gasteiger partial charge in [0.25, 0.3) is 0 Å². The molecule has 1 saturated carbocycles. The highest BCUT2D eigenvalue weighted by Gasteiger charge is 2.54. The minimum Gasteiger partial charge on any atom is -0.462 e. The summed E-state index contributed by atoms with van der Waals surface area (Å²) in [4.78, 5) is 54.3. The average molecular weight is 1010 g/mol. The topological polar surface area (TPSA) is 269 Å². The zero-order valence-corrected chi connectivity index (χ0v) is 42.0. The highest BCUT2D eigenvalue weighted by Crippen LogP contribution is 2.49. The van der Waals surface area contributed by atoms with E-state index >= 15 is 0 Å². The first kappa shape index (κ1) is 61.5.